The maximum atomic E-state index is 13.8. The van der Waals surface area contributed by atoms with E-state index in [0.717, 1.165) is 19.3 Å². The Hall–Kier alpha value is -2.19. The van der Waals surface area contributed by atoms with E-state index in [0.29, 0.717) is 39.0 Å². The van der Waals surface area contributed by atoms with Crippen LogP contribution < -0.4 is 0 Å². The van der Waals surface area contributed by atoms with Gasteiger partial charge in [-0.15, -0.1) is 13.2 Å². The standard InChI is InChI=1S/C25H39N3O5/c1-5-9-15-27(14-8-4)24(32)21-25-11-10-18(33-25)19(20(25)23(31)28(21)16-17-29)22(30)26(12-6-2)13-7-3/h6,8,18-21,29H,2,4-5,7,9-17H2,1,3H3/t18-,19+,20-,21?,25?/m0/s1. The first-order chi connectivity index (χ1) is 15.9. The van der Waals surface area contributed by atoms with Gasteiger partial charge in [-0.2, -0.15) is 0 Å². The molecule has 184 valence electrons. The summed E-state index contributed by atoms with van der Waals surface area (Å²) in [6.07, 6.45) is 6.78. The van der Waals surface area contributed by atoms with Gasteiger partial charge < -0.3 is 24.5 Å². The zero-order valence-electron chi connectivity index (χ0n) is 20.1. The Morgan fingerprint density at radius 2 is 1.82 bits per heavy atom. The quantitative estimate of drug-likeness (QED) is 0.421. The highest BCUT2D eigenvalue weighted by Crippen LogP contribution is 2.58. The molecule has 3 fully saturated rings. The number of likely N-dealkylation sites (tertiary alicyclic amines) is 1. The number of rotatable bonds is 13. The number of fused-ring (bicyclic) bond motifs is 1. The fourth-order valence-electron chi connectivity index (χ4n) is 5.96. The number of β-amino-alcohol motifs (C(OH)–C–C–N with tert-alkyl or cyclic N) is 1. The molecule has 1 spiro atoms. The molecule has 0 aliphatic carbocycles. The van der Waals surface area contributed by atoms with Crippen molar-refractivity contribution < 1.29 is 24.2 Å². The zero-order chi connectivity index (χ0) is 24.2. The van der Waals surface area contributed by atoms with Crippen LogP contribution in [-0.2, 0) is 19.1 Å². The second kappa shape index (κ2) is 10.8. The number of aliphatic hydroxyl groups is 1. The Labute approximate surface area is 197 Å². The molecule has 2 unspecified atom stereocenters. The Balaban J connectivity index is 1.98. The SMILES string of the molecule is C=CCN(CCCC)C(=O)C1N(CCO)C(=O)[C@@H]2[C@H](C(=O)N(CC=C)CCC)[C@@H]3CCC12O3. The predicted octanol–water partition coefficient (Wildman–Crippen LogP) is 1.59. The minimum Gasteiger partial charge on any atom is -0.395 e. The van der Waals surface area contributed by atoms with Crippen molar-refractivity contribution in [1.29, 1.82) is 0 Å². The van der Waals surface area contributed by atoms with E-state index < -0.39 is 23.5 Å². The lowest BCUT2D eigenvalue weighted by molar-refractivity contribution is -0.149. The normalized spacial score (nSPS) is 29.8. The van der Waals surface area contributed by atoms with E-state index in [1.54, 1.807) is 22.0 Å². The Morgan fingerprint density at radius 1 is 1.15 bits per heavy atom. The first-order valence-corrected chi connectivity index (χ1v) is 12.3. The average molecular weight is 462 g/mol. The smallest absolute Gasteiger partial charge is 0.248 e. The fourth-order valence-corrected chi connectivity index (χ4v) is 5.96. The van der Waals surface area contributed by atoms with Gasteiger partial charge in [-0.1, -0.05) is 32.4 Å². The molecule has 3 aliphatic heterocycles. The van der Waals surface area contributed by atoms with E-state index in [9.17, 15) is 19.5 Å². The van der Waals surface area contributed by atoms with Crippen molar-refractivity contribution in [3.05, 3.63) is 25.3 Å². The lowest BCUT2D eigenvalue weighted by atomic mass is 9.70. The minimum absolute atomic E-state index is 0.0451. The van der Waals surface area contributed by atoms with Crippen LogP contribution in [0.25, 0.3) is 0 Å². The Bertz CT molecular complexity index is 771. The zero-order valence-corrected chi connectivity index (χ0v) is 20.1. The van der Waals surface area contributed by atoms with Gasteiger partial charge >= 0.3 is 0 Å². The van der Waals surface area contributed by atoms with Crippen LogP contribution in [0.1, 0.15) is 46.0 Å². The van der Waals surface area contributed by atoms with Gasteiger partial charge in [0.2, 0.25) is 17.7 Å². The second-order valence-corrected chi connectivity index (χ2v) is 9.31. The number of hydrogen-bond acceptors (Lipinski definition) is 5. The Morgan fingerprint density at radius 3 is 2.39 bits per heavy atom. The molecular weight excluding hydrogens is 422 g/mol. The maximum absolute atomic E-state index is 13.8. The van der Waals surface area contributed by atoms with Crippen LogP contribution in [0.4, 0.5) is 0 Å². The first kappa shape index (κ1) is 25.4. The van der Waals surface area contributed by atoms with E-state index in [4.69, 9.17) is 4.74 Å². The van der Waals surface area contributed by atoms with E-state index in [-0.39, 0.29) is 37.0 Å². The molecule has 0 aromatic rings. The third-order valence-corrected chi connectivity index (χ3v) is 7.26. The number of unbranched alkanes of at least 4 members (excludes halogenated alkanes) is 1. The maximum Gasteiger partial charge on any atom is 0.248 e. The molecule has 33 heavy (non-hydrogen) atoms. The average Bonchev–Trinajstić information content (AvgIpc) is 3.44. The summed E-state index contributed by atoms with van der Waals surface area (Å²) in [4.78, 5) is 46.0. The third-order valence-electron chi connectivity index (χ3n) is 7.26. The van der Waals surface area contributed by atoms with Crippen LogP contribution in [0.2, 0.25) is 0 Å². The van der Waals surface area contributed by atoms with E-state index in [1.165, 1.54) is 4.90 Å². The number of carbonyl (C=O) groups is 3. The van der Waals surface area contributed by atoms with Crippen molar-refractivity contribution in [3.8, 4) is 0 Å². The third kappa shape index (κ3) is 4.35. The van der Waals surface area contributed by atoms with Crippen LogP contribution in [0.15, 0.2) is 25.3 Å². The number of nitrogens with zero attached hydrogens (tertiary/aromatic N) is 3. The minimum atomic E-state index is -1.02. The van der Waals surface area contributed by atoms with Crippen molar-refractivity contribution in [2.75, 3.05) is 39.3 Å². The molecule has 8 heteroatoms. The molecule has 5 atom stereocenters. The van der Waals surface area contributed by atoms with Gasteiger partial charge in [0, 0.05) is 32.7 Å². The number of ether oxygens (including phenoxy) is 1. The van der Waals surface area contributed by atoms with Crippen LogP contribution in [-0.4, -0.2) is 94.6 Å². The summed E-state index contributed by atoms with van der Waals surface area (Å²) < 4.78 is 6.45. The molecule has 3 rings (SSSR count). The number of aliphatic hydroxyl groups excluding tert-OH is 1. The summed E-state index contributed by atoms with van der Waals surface area (Å²) in [5, 5.41) is 9.70. The molecule has 0 saturated carbocycles. The number of hydrogen-bond donors (Lipinski definition) is 1. The van der Waals surface area contributed by atoms with Gasteiger partial charge in [0.1, 0.15) is 11.6 Å². The van der Waals surface area contributed by atoms with Crippen molar-refractivity contribution in [2.45, 2.75) is 63.7 Å². The lowest BCUT2D eigenvalue weighted by Crippen LogP contribution is -2.56. The summed E-state index contributed by atoms with van der Waals surface area (Å²) in [7, 11) is 0. The summed E-state index contributed by atoms with van der Waals surface area (Å²) in [5.41, 5.74) is -1.02. The van der Waals surface area contributed by atoms with Crippen LogP contribution >= 0.6 is 0 Å². The van der Waals surface area contributed by atoms with Gasteiger partial charge in [-0.25, -0.2) is 0 Å². The van der Waals surface area contributed by atoms with Crippen LogP contribution in [0.3, 0.4) is 0 Å². The summed E-state index contributed by atoms with van der Waals surface area (Å²) in [6, 6.07) is -0.833. The molecule has 2 bridgehead atoms. The number of amides is 3. The fraction of sp³-hybridized carbons (Fsp3) is 0.720. The molecule has 3 aliphatic rings. The monoisotopic (exact) mass is 461 g/mol. The Kier molecular flexibility index (Phi) is 8.34. The predicted molar refractivity (Wildman–Crippen MR) is 125 cm³/mol. The molecule has 3 saturated heterocycles. The van der Waals surface area contributed by atoms with Crippen molar-refractivity contribution in [3.63, 3.8) is 0 Å². The topological polar surface area (TPSA) is 90.4 Å². The highest BCUT2D eigenvalue weighted by Gasteiger charge is 2.74. The van der Waals surface area contributed by atoms with Crippen molar-refractivity contribution in [1.82, 2.24) is 14.7 Å². The summed E-state index contributed by atoms with van der Waals surface area (Å²) >= 11 is 0. The van der Waals surface area contributed by atoms with E-state index in [1.807, 2.05) is 6.92 Å². The van der Waals surface area contributed by atoms with E-state index >= 15 is 0 Å². The largest absolute Gasteiger partial charge is 0.395 e. The molecule has 3 amide bonds. The van der Waals surface area contributed by atoms with Crippen LogP contribution in [0.5, 0.6) is 0 Å². The summed E-state index contributed by atoms with van der Waals surface area (Å²) in [5.74, 6) is -1.86. The van der Waals surface area contributed by atoms with Gasteiger partial charge in [0.25, 0.3) is 0 Å². The molecule has 0 aromatic heterocycles. The number of carbonyl (C=O) groups excluding carboxylic acids is 3. The van der Waals surface area contributed by atoms with E-state index in [2.05, 4.69) is 20.1 Å². The highest BCUT2D eigenvalue weighted by atomic mass is 16.5. The van der Waals surface area contributed by atoms with Gasteiger partial charge in [0.05, 0.1) is 24.5 Å². The molecular formula is C25H39N3O5. The molecule has 0 radical (unpaired) electrons. The van der Waals surface area contributed by atoms with Crippen LogP contribution in [0, 0.1) is 11.8 Å². The molecule has 0 aromatic carbocycles. The van der Waals surface area contributed by atoms with Crippen molar-refractivity contribution in [2.24, 2.45) is 11.8 Å². The second-order valence-electron chi connectivity index (χ2n) is 9.31. The lowest BCUT2D eigenvalue weighted by Gasteiger charge is -2.36. The van der Waals surface area contributed by atoms with Gasteiger partial charge in [-0.05, 0) is 25.7 Å². The molecule has 8 nitrogen and oxygen atoms in total. The highest BCUT2D eigenvalue weighted by molar-refractivity contribution is 5.99. The first-order valence-electron chi connectivity index (χ1n) is 12.3. The molecule has 1 N–H and O–H groups in total. The summed E-state index contributed by atoms with van der Waals surface area (Å²) in [6.45, 7) is 13.3. The molecule has 3 heterocycles. The van der Waals surface area contributed by atoms with Gasteiger partial charge in [-0.3, -0.25) is 14.4 Å². The van der Waals surface area contributed by atoms with Crippen molar-refractivity contribution >= 4 is 17.7 Å². The van der Waals surface area contributed by atoms with Gasteiger partial charge in [0.15, 0.2) is 0 Å².